The molecule has 0 aromatic rings. The molecule has 0 radical (unpaired) electrons. The van der Waals surface area contributed by atoms with Crippen LogP contribution in [0, 0.1) is 11.8 Å². The third kappa shape index (κ3) is 7.00. The molecule has 0 amide bonds. The molecule has 0 aliphatic rings. The summed E-state index contributed by atoms with van der Waals surface area (Å²) in [5.74, 6) is 1.25. The van der Waals surface area contributed by atoms with Crippen molar-refractivity contribution in [2.75, 3.05) is 0 Å². The van der Waals surface area contributed by atoms with Gasteiger partial charge in [-0.1, -0.05) is 40.0 Å². The van der Waals surface area contributed by atoms with Gasteiger partial charge in [0.1, 0.15) is 5.78 Å². The number of carbonyl (C=O) groups excluding carboxylic acids is 1. The lowest BCUT2D eigenvalue weighted by atomic mass is 9.89. The van der Waals surface area contributed by atoms with E-state index in [-0.39, 0.29) is 12.0 Å². The molecule has 0 saturated heterocycles. The van der Waals surface area contributed by atoms with Crippen molar-refractivity contribution in [1.82, 2.24) is 0 Å². The fraction of sp³-hybridized carbons (Fsp3) is 0.929. The van der Waals surface area contributed by atoms with E-state index >= 15 is 0 Å². The zero-order valence-electron chi connectivity index (χ0n) is 11.5. The molecule has 2 atom stereocenters. The first-order chi connectivity index (χ1) is 7.51. The minimum absolute atomic E-state index is 0.222. The van der Waals surface area contributed by atoms with E-state index in [0.29, 0.717) is 11.7 Å². The second-order valence-electron chi connectivity index (χ2n) is 5.16. The average Bonchev–Trinajstić information content (AvgIpc) is 2.24. The first kappa shape index (κ1) is 15.6. The van der Waals surface area contributed by atoms with Crippen LogP contribution < -0.4 is 5.73 Å². The normalized spacial score (nSPS) is 15.1. The summed E-state index contributed by atoms with van der Waals surface area (Å²) < 4.78 is 0. The number of hydrogen-bond acceptors (Lipinski definition) is 2. The molecule has 0 saturated carbocycles. The highest BCUT2D eigenvalue weighted by Gasteiger charge is 2.16. The minimum atomic E-state index is 0.222. The average molecular weight is 227 g/mol. The Labute approximate surface area is 101 Å². The molecule has 0 heterocycles. The van der Waals surface area contributed by atoms with Crippen LogP contribution in [-0.2, 0) is 4.79 Å². The van der Waals surface area contributed by atoms with Crippen LogP contribution in [0.1, 0.15) is 66.2 Å². The van der Waals surface area contributed by atoms with Crippen molar-refractivity contribution < 1.29 is 4.79 Å². The highest BCUT2D eigenvalue weighted by molar-refractivity contribution is 5.80. The van der Waals surface area contributed by atoms with Gasteiger partial charge in [-0.15, -0.1) is 0 Å². The monoisotopic (exact) mass is 227 g/mol. The summed E-state index contributed by atoms with van der Waals surface area (Å²) in [5.41, 5.74) is 5.69. The highest BCUT2D eigenvalue weighted by Crippen LogP contribution is 2.18. The summed E-state index contributed by atoms with van der Waals surface area (Å²) in [5, 5.41) is 0. The van der Waals surface area contributed by atoms with Crippen molar-refractivity contribution in [3.63, 3.8) is 0 Å². The van der Waals surface area contributed by atoms with E-state index in [1.165, 1.54) is 0 Å². The van der Waals surface area contributed by atoms with Gasteiger partial charge in [0, 0.05) is 18.4 Å². The smallest absolute Gasteiger partial charge is 0.135 e. The lowest BCUT2D eigenvalue weighted by Gasteiger charge is -2.15. The van der Waals surface area contributed by atoms with E-state index in [1.54, 1.807) is 0 Å². The molecule has 2 nitrogen and oxygen atoms in total. The maximum absolute atomic E-state index is 11.9. The van der Waals surface area contributed by atoms with E-state index in [2.05, 4.69) is 20.8 Å². The van der Waals surface area contributed by atoms with Crippen LogP contribution in [-0.4, -0.2) is 11.8 Å². The number of nitrogens with two attached hydrogens (primary N) is 1. The number of rotatable bonds is 9. The summed E-state index contributed by atoms with van der Waals surface area (Å²) in [6.07, 6.45) is 6.12. The van der Waals surface area contributed by atoms with E-state index in [9.17, 15) is 4.79 Å². The van der Waals surface area contributed by atoms with Gasteiger partial charge in [0.2, 0.25) is 0 Å². The topological polar surface area (TPSA) is 43.1 Å². The lowest BCUT2D eigenvalue weighted by molar-refractivity contribution is -0.123. The van der Waals surface area contributed by atoms with Gasteiger partial charge in [-0.25, -0.2) is 0 Å². The van der Waals surface area contributed by atoms with Gasteiger partial charge in [0.15, 0.2) is 0 Å². The molecule has 0 aromatic carbocycles. The van der Waals surface area contributed by atoms with Crippen LogP contribution in [0.15, 0.2) is 0 Å². The van der Waals surface area contributed by atoms with Crippen molar-refractivity contribution >= 4 is 5.78 Å². The van der Waals surface area contributed by atoms with Crippen molar-refractivity contribution in [2.24, 2.45) is 17.6 Å². The van der Waals surface area contributed by atoms with E-state index in [0.717, 1.165) is 38.5 Å². The Balaban J connectivity index is 3.80. The van der Waals surface area contributed by atoms with Crippen molar-refractivity contribution in [2.45, 2.75) is 72.3 Å². The van der Waals surface area contributed by atoms with Gasteiger partial charge in [0.25, 0.3) is 0 Å². The second kappa shape index (κ2) is 8.74. The number of carbonyl (C=O) groups is 1. The summed E-state index contributed by atoms with van der Waals surface area (Å²) in [7, 11) is 0. The molecule has 16 heavy (non-hydrogen) atoms. The summed E-state index contributed by atoms with van der Waals surface area (Å²) in [6.45, 7) is 8.42. The predicted molar refractivity (Wildman–Crippen MR) is 70.4 cm³/mol. The molecule has 0 bridgehead atoms. The van der Waals surface area contributed by atoms with Crippen LogP contribution in [0.2, 0.25) is 0 Å². The minimum Gasteiger partial charge on any atom is -0.328 e. The van der Waals surface area contributed by atoms with E-state index < -0.39 is 0 Å². The van der Waals surface area contributed by atoms with Gasteiger partial charge < -0.3 is 5.73 Å². The number of hydrogen-bond donors (Lipinski definition) is 1. The Morgan fingerprint density at radius 2 is 1.69 bits per heavy atom. The molecule has 2 heteroatoms. The summed E-state index contributed by atoms with van der Waals surface area (Å²) in [4.78, 5) is 11.9. The molecule has 2 N–H and O–H groups in total. The SMILES string of the molecule is CCC(CC)CC(=O)C(C)CCCC(C)N. The lowest BCUT2D eigenvalue weighted by Crippen LogP contribution is -2.18. The Kier molecular flexibility index (Phi) is 8.54. The maximum atomic E-state index is 11.9. The van der Waals surface area contributed by atoms with Crippen LogP contribution in [0.25, 0.3) is 0 Å². The van der Waals surface area contributed by atoms with Crippen molar-refractivity contribution in [3.8, 4) is 0 Å². The van der Waals surface area contributed by atoms with Gasteiger partial charge >= 0.3 is 0 Å². The molecule has 0 aliphatic carbocycles. The van der Waals surface area contributed by atoms with Gasteiger partial charge in [-0.2, -0.15) is 0 Å². The molecular formula is C14H29NO. The zero-order chi connectivity index (χ0) is 12.6. The van der Waals surface area contributed by atoms with Gasteiger partial charge in [-0.3, -0.25) is 4.79 Å². The molecule has 96 valence electrons. The fourth-order valence-corrected chi connectivity index (χ4v) is 1.97. The first-order valence-electron chi connectivity index (χ1n) is 6.79. The summed E-state index contributed by atoms with van der Waals surface area (Å²) in [6, 6.07) is 0.265. The molecule has 0 aliphatic heterocycles. The van der Waals surface area contributed by atoms with Crippen LogP contribution in [0.5, 0.6) is 0 Å². The van der Waals surface area contributed by atoms with Crippen LogP contribution >= 0.6 is 0 Å². The third-order valence-corrected chi connectivity index (χ3v) is 3.49. The van der Waals surface area contributed by atoms with Crippen LogP contribution in [0.3, 0.4) is 0 Å². The standard InChI is InChI=1S/C14H29NO/c1-5-13(6-2)10-14(16)11(3)8-7-9-12(4)15/h11-13H,5-10,15H2,1-4H3. The second-order valence-corrected chi connectivity index (χ2v) is 5.16. The number of Topliss-reactive ketones (excluding diaryl/α,β-unsaturated/α-hetero) is 1. The first-order valence-corrected chi connectivity index (χ1v) is 6.79. The number of ketones is 1. The molecule has 0 aromatic heterocycles. The fourth-order valence-electron chi connectivity index (χ4n) is 1.97. The quantitative estimate of drug-likeness (QED) is 0.654. The Morgan fingerprint density at radius 3 is 2.12 bits per heavy atom. The zero-order valence-corrected chi connectivity index (χ0v) is 11.5. The van der Waals surface area contributed by atoms with Crippen LogP contribution in [0.4, 0.5) is 0 Å². The molecule has 0 rings (SSSR count). The highest BCUT2D eigenvalue weighted by atomic mass is 16.1. The Bertz CT molecular complexity index is 185. The molecular weight excluding hydrogens is 198 g/mol. The molecule has 2 unspecified atom stereocenters. The molecule has 0 fully saturated rings. The maximum Gasteiger partial charge on any atom is 0.135 e. The van der Waals surface area contributed by atoms with E-state index in [1.807, 2.05) is 6.92 Å². The van der Waals surface area contributed by atoms with Gasteiger partial charge in [-0.05, 0) is 25.7 Å². The van der Waals surface area contributed by atoms with Crippen molar-refractivity contribution in [1.29, 1.82) is 0 Å². The largest absolute Gasteiger partial charge is 0.328 e. The Morgan fingerprint density at radius 1 is 1.12 bits per heavy atom. The third-order valence-electron chi connectivity index (χ3n) is 3.49. The molecule has 0 spiro atoms. The predicted octanol–water partition coefficient (Wildman–Crippen LogP) is 3.54. The Hall–Kier alpha value is -0.370. The van der Waals surface area contributed by atoms with E-state index in [4.69, 9.17) is 5.73 Å². The summed E-state index contributed by atoms with van der Waals surface area (Å²) >= 11 is 0. The van der Waals surface area contributed by atoms with Crippen molar-refractivity contribution in [3.05, 3.63) is 0 Å². The van der Waals surface area contributed by atoms with Gasteiger partial charge in [0.05, 0.1) is 0 Å².